The fourth-order valence-electron chi connectivity index (χ4n) is 1.97. The van der Waals surface area contributed by atoms with Gasteiger partial charge in [0.25, 0.3) is 5.91 Å². The van der Waals surface area contributed by atoms with Gasteiger partial charge in [0.1, 0.15) is 10.9 Å². The number of carbonyl (C=O) groups excluding carboxylic acids is 2. The maximum absolute atomic E-state index is 12.4. The van der Waals surface area contributed by atoms with E-state index < -0.39 is 6.04 Å². The molecule has 1 unspecified atom stereocenters. The minimum Gasteiger partial charge on any atom is -0.464 e. The highest BCUT2D eigenvalue weighted by Crippen LogP contribution is 2.25. The first-order chi connectivity index (χ1) is 9.15. The normalized spacial score (nSPS) is 19.3. The summed E-state index contributed by atoms with van der Waals surface area (Å²) in [5.74, 6) is -0.588. The third kappa shape index (κ3) is 3.08. The van der Waals surface area contributed by atoms with E-state index in [0.717, 1.165) is 0 Å². The molecule has 2 rings (SSSR count). The molecule has 1 aromatic rings. The van der Waals surface area contributed by atoms with Crippen LogP contribution >= 0.6 is 22.9 Å². The Bertz CT molecular complexity index is 477. The van der Waals surface area contributed by atoms with Crippen molar-refractivity contribution in [2.24, 2.45) is 0 Å². The summed E-state index contributed by atoms with van der Waals surface area (Å²) in [5.41, 5.74) is 0. The van der Waals surface area contributed by atoms with Crippen molar-refractivity contribution < 1.29 is 14.3 Å². The van der Waals surface area contributed by atoms with Crippen molar-refractivity contribution in [3.63, 3.8) is 0 Å². The van der Waals surface area contributed by atoms with Crippen LogP contribution in [-0.4, -0.2) is 49.1 Å². The van der Waals surface area contributed by atoms with E-state index in [9.17, 15) is 9.59 Å². The van der Waals surface area contributed by atoms with Crippen molar-refractivity contribution in [1.29, 1.82) is 0 Å². The zero-order chi connectivity index (χ0) is 13.8. The summed E-state index contributed by atoms with van der Waals surface area (Å²) >= 11 is 7.26. The first kappa shape index (κ1) is 14.3. The molecule has 1 aromatic heterocycles. The van der Waals surface area contributed by atoms with Gasteiger partial charge in [-0.3, -0.25) is 4.79 Å². The Balaban J connectivity index is 2.18. The molecule has 1 N–H and O–H groups in total. The number of hydrogen-bond donors (Lipinski definition) is 1. The van der Waals surface area contributed by atoms with Crippen molar-refractivity contribution in [3.05, 3.63) is 21.3 Å². The van der Waals surface area contributed by atoms with Crippen molar-refractivity contribution in [2.45, 2.75) is 13.0 Å². The van der Waals surface area contributed by atoms with Gasteiger partial charge in [0.2, 0.25) is 0 Å². The molecular weight excluding hydrogens is 288 g/mol. The minimum absolute atomic E-state index is 0.209. The predicted octanol–water partition coefficient (Wildman–Crippen LogP) is 1.38. The Morgan fingerprint density at radius 2 is 2.42 bits per heavy atom. The van der Waals surface area contributed by atoms with Gasteiger partial charge in [0, 0.05) is 19.6 Å². The van der Waals surface area contributed by atoms with Gasteiger partial charge in [0.15, 0.2) is 0 Å². The number of ether oxygens (including phenoxy) is 1. The SMILES string of the molecule is CCOC(=O)C1CNCCN1C(=O)c1sccc1Cl. The third-order valence-electron chi connectivity index (χ3n) is 2.87. The van der Waals surface area contributed by atoms with Gasteiger partial charge in [-0.1, -0.05) is 11.6 Å². The summed E-state index contributed by atoms with van der Waals surface area (Å²) in [4.78, 5) is 26.3. The number of rotatable bonds is 3. The number of piperazine rings is 1. The molecule has 1 aliphatic rings. The van der Waals surface area contributed by atoms with Crippen LogP contribution in [-0.2, 0) is 9.53 Å². The first-order valence-corrected chi connectivity index (χ1v) is 7.32. The van der Waals surface area contributed by atoms with E-state index in [4.69, 9.17) is 16.3 Å². The molecule has 2 heterocycles. The van der Waals surface area contributed by atoms with E-state index in [1.165, 1.54) is 16.2 Å². The lowest BCUT2D eigenvalue weighted by atomic mass is 10.2. The highest BCUT2D eigenvalue weighted by Gasteiger charge is 2.34. The number of carbonyl (C=O) groups is 2. The molecule has 0 aliphatic carbocycles. The average molecular weight is 303 g/mol. The second-order valence-corrected chi connectivity index (χ2v) is 5.39. The predicted molar refractivity (Wildman–Crippen MR) is 73.7 cm³/mol. The van der Waals surface area contributed by atoms with Gasteiger partial charge >= 0.3 is 5.97 Å². The highest BCUT2D eigenvalue weighted by molar-refractivity contribution is 7.12. The smallest absolute Gasteiger partial charge is 0.330 e. The van der Waals surface area contributed by atoms with Gasteiger partial charge in [-0.05, 0) is 18.4 Å². The maximum atomic E-state index is 12.4. The Kier molecular flexibility index (Phi) is 4.79. The molecular formula is C12H15ClN2O3S. The summed E-state index contributed by atoms with van der Waals surface area (Å²) in [6.45, 7) is 3.59. The van der Waals surface area contributed by atoms with E-state index in [2.05, 4.69) is 5.32 Å². The number of esters is 1. The Morgan fingerprint density at radius 3 is 3.05 bits per heavy atom. The molecule has 5 nitrogen and oxygen atoms in total. The highest BCUT2D eigenvalue weighted by atomic mass is 35.5. The van der Waals surface area contributed by atoms with E-state index in [0.29, 0.717) is 36.1 Å². The molecule has 0 spiro atoms. The van der Waals surface area contributed by atoms with E-state index >= 15 is 0 Å². The molecule has 1 saturated heterocycles. The zero-order valence-corrected chi connectivity index (χ0v) is 12.1. The van der Waals surface area contributed by atoms with Crippen LogP contribution < -0.4 is 5.32 Å². The summed E-state index contributed by atoms with van der Waals surface area (Å²) < 4.78 is 5.01. The number of amides is 1. The lowest BCUT2D eigenvalue weighted by Gasteiger charge is -2.34. The monoisotopic (exact) mass is 302 g/mol. The molecule has 0 saturated carbocycles. The number of halogens is 1. The first-order valence-electron chi connectivity index (χ1n) is 6.06. The topological polar surface area (TPSA) is 58.6 Å². The van der Waals surface area contributed by atoms with Crippen LogP contribution in [0, 0.1) is 0 Å². The Hall–Kier alpha value is -1.11. The summed E-state index contributed by atoms with van der Waals surface area (Å²) in [6.07, 6.45) is 0. The fraction of sp³-hybridized carbons (Fsp3) is 0.500. The number of nitrogens with zero attached hydrogens (tertiary/aromatic N) is 1. The van der Waals surface area contributed by atoms with Crippen LogP contribution in [0.2, 0.25) is 5.02 Å². The maximum Gasteiger partial charge on any atom is 0.330 e. The molecule has 0 bridgehead atoms. The summed E-state index contributed by atoms with van der Waals surface area (Å²) in [6, 6.07) is 1.10. The average Bonchev–Trinajstić information content (AvgIpc) is 2.84. The molecule has 19 heavy (non-hydrogen) atoms. The molecule has 0 radical (unpaired) electrons. The summed E-state index contributed by atoms with van der Waals surface area (Å²) in [5, 5.41) is 5.28. The van der Waals surface area contributed by atoms with Crippen molar-refractivity contribution in [1.82, 2.24) is 10.2 Å². The molecule has 1 fully saturated rings. The van der Waals surface area contributed by atoms with Crippen LogP contribution in [0.3, 0.4) is 0 Å². The van der Waals surface area contributed by atoms with Crippen LogP contribution in [0.15, 0.2) is 11.4 Å². The second-order valence-electron chi connectivity index (χ2n) is 4.07. The Labute approximate surface area is 120 Å². The zero-order valence-electron chi connectivity index (χ0n) is 10.5. The van der Waals surface area contributed by atoms with Crippen LogP contribution in [0.1, 0.15) is 16.6 Å². The standard InChI is InChI=1S/C12H15ClN2O3S/c1-2-18-12(17)9-7-14-4-5-15(9)11(16)10-8(13)3-6-19-10/h3,6,9,14H,2,4-5,7H2,1H3. The molecule has 1 amide bonds. The largest absolute Gasteiger partial charge is 0.464 e. The molecule has 1 atom stereocenters. The molecule has 1 aliphatic heterocycles. The molecule has 7 heteroatoms. The lowest BCUT2D eigenvalue weighted by Crippen LogP contribution is -2.57. The van der Waals surface area contributed by atoms with Crippen molar-refractivity contribution in [2.75, 3.05) is 26.2 Å². The van der Waals surface area contributed by atoms with Gasteiger partial charge in [-0.2, -0.15) is 0 Å². The lowest BCUT2D eigenvalue weighted by molar-refractivity contribution is -0.149. The van der Waals surface area contributed by atoms with E-state index in [1.807, 2.05) is 0 Å². The molecule has 104 valence electrons. The van der Waals surface area contributed by atoms with Gasteiger partial charge in [0.05, 0.1) is 11.6 Å². The van der Waals surface area contributed by atoms with Gasteiger partial charge < -0.3 is 15.0 Å². The quantitative estimate of drug-likeness (QED) is 0.857. The minimum atomic E-state index is -0.584. The second kappa shape index (κ2) is 6.36. The van der Waals surface area contributed by atoms with Crippen molar-refractivity contribution >= 4 is 34.8 Å². The van der Waals surface area contributed by atoms with E-state index in [-0.39, 0.29) is 11.9 Å². The van der Waals surface area contributed by atoms with Crippen LogP contribution in [0.5, 0.6) is 0 Å². The third-order valence-corrected chi connectivity index (χ3v) is 4.20. The van der Waals surface area contributed by atoms with Crippen LogP contribution in [0.4, 0.5) is 0 Å². The number of nitrogens with one attached hydrogen (secondary N) is 1. The van der Waals surface area contributed by atoms with Gasteiger partial charge in [-0.25, -0.2) is 4.79 Å². The van der Waals surface area contributed by atoms with E-state index in [1.54, 1.807) is 18.4 Å². The van der Waals surface area contributed by atoms with Crippen molar-refractivity contribution in [3.8, 4) is 0 Å². The Morgan fingerprint density at radius 1 is 1.63 bits per heavy atom. The fourth-order valence-corrected chi connectivity index (χ4v) is 3.06. The summed E-state index contributed by atoms with van der Waals surface area (Å²) in [7, 11) is 0. The number of hydrogen-bond acceptors (Lipinski definition) is 5. The van der Waals surface area contributed by atoms with Crippen LogP contribution in [0.25, 0.3) is 0 Å². The molecule has 0 aromatic carbocycles. The van der Waals surface area contributed by atoms with Gasteiger partial charge in [-0.15, -0.1) is 11.3 Å². The number of thiophene rings is 1.